The van der Waals surface area contributed by atoms with E-state index < -0.39 is 38.7 Å². The molecule has 0 saturated carbocycles. The number of anilines is 1. The number of carbonyl (C=O) groups is 1. The van der Waals surface area contributed by atoms with Gasteiger partial charge in [-0.25, -0.2) is 27.2 Å². The van der Waals surface area contributed by atoms with Gasteiger partial charge in [-0.05, 0) is 48.4 Å². The van der Waals surface area contributed by atoms with Crippen molar-refractivity contribution in [2.45, 2.75) is 17.4 Å². The van der Waals surface area contributed by atoms with Crippen LogP contribution < -0.4 is 13.7 Å². The van der Waals surface area contributed by atoms with Crippen LogP contribution in [0.5, 0.6) is 5.75 Å². The Kier molecular flexibility index (Phi) is 5.90. The van der Waals surface area contributed by atoms with Crippen molar-refractivity contribution in [3.8, 4) is 5.75 Å². The number of nitrogens with zero attached hydrogens (tertiary/aromatic N) is 2. The number of fused-ring (bicyclic) bond motifs is 1. The van der Waals surface area contributed by atoms with Crippen LogP contribution in [0.15, 0.2) is 77.7 Å². The summed E-state index contributed by atoms with van der Waals surface area (Å²) in [5.41, 5.74) is 1.83. The second-order valence-electron chi connectivity index (χ2n) is 8.19. The van der Waals surface area contributed by atoms with Gasteiger partial charge in [-0.1, -0.05) is 36.4 Å². The Balaban J connectivity index is 1.49. The van der Waals surface area contributed by atoms with Gasteiger partial charge >= 0.3 is 10.2 Å². The van der Waals surface area contributed by atoms with Crippen molar-refractivity contribution in [2.24, 2.45) is 0 Å². The van der Waals surface area contributed by atoms with E-state index in [-0.39, 0.29) is 22.8 Å². The standard InChI is InChI=1S/C23H21N5O6S2/c29-21-13-15(10-11-20(21)28-14-22(30)27-36(28,33)34)12-19(23-24-17-8-4-5-9-18(17)25-23)26-35(31,32)16-6-2-1-3-7-16/h1-11,13,19,26,29H,12,14H2,(H,24,25)(H,27,30). The quantitative estimate of drug-likeness (QED) is 0.284. The summed E-state index contributed by atoms with van der Waals surface area (Å²) in [6.07, 6.45) is 0.0870. The molecule has 0 spiro atoms. The molecule has 3 aromatic carbocycles. The van der Waals surface area contributed by atoms with Gasteiger partial charge in [0.25, 0.3) is 5.91 Å². The summed E-state index contributed by atoms with van der Waals surface area (Å²) < 4.78 is 55.8. The molecule has 4 aromatic rings. The fraction of sp³-hybridized carbons (Fsp3) is 0.130. The summed E-state index contributed by atoms with van der Waals surface area (Å²) in [5.74, 6) is -0.711. The van der Waals surface area contributed by atoms with Crippen molar-refractivity contribution >= 4 is 42.9 Å². The number of hydrogen-bond acceptors (Lipinski definition) is 7. The molecule has 1 amide bonds. The first-order valence-electron chi connectivity index (χ1n) is 10.8. The van der Waals surface area contributed by atoms with Gasteiger partial charge in [-0.2, -0.15) is 8.42 Å². The van der Waals surface area contributed by atoms with Crippen LogP contribution in [0.1, 0.15) is 17.4 Å². The lowest BCUT2D eigenvalue weighted by atomic mass is 10.1. The number of phenolic OH excluding ortho intramolecular Hbond substituents is 1. The predicted molar refractivity (Wildman–Crippen MR) is 132 cm³/mol. The van der Waals surface area contributed by atoms with E-state index in [0.717, 1.165) is 9.82 Å². The Morgan fingerprint density at radius 2 is 1.78 bits per heavy atom. The van der Waals surface area contributed by atoms with Crippen LogP contribution in [0.2, 0.25) is 0 Å². The van der Waals surface area contributed by atoms with Gasteiger partial charge in [-0.15, -0.1) is 0 Å². The molecule has 0 radical (unpaired) electrons. The fourth-order valence-corrected chi connectivity index (χ4v) is 6.37. The molecular formula is C23H21N5O6S2. The molecule has 0 bridgehead atoms. The summed E-state index contributed by atoms with van der Waals surface area (Å²) in [5, 5.41) is 10.6. The zero-order valence-corrected chi connectivity index (χ0v) is 20.3. The summed E-state index contributed by atoms with van der Waals surface area (Å²) in [4.78, 5) is 19.3. The largest absolute Gasteiger partial charge is 0.506 e. The zero-order chi connectivity index (χ0) is 25.5. The lowest BCUT2D eigenvalue weighted by Crippen LogP contribution is -2.31. The van der Waals surface area contributed by atoms with E-state index in [1.165, 1.54) is 24.3 Å². The van der Waals surface area contributed by atoms with Gasteiger partial charge in [0.15, 0.2) is 0 Å². The topological polar surface area (TPSA) is 162 Å². The molecule has 1 saturated heterocycles. The number of para-hydroxylation sites is 2. The maximum atomic E-state index is 13.1. The van der Waals surface area contributed by atoms with Crippen molar-refractivity contribution in [2.75, 3.05) is 10.8 Å². The molecule has 5 rings (SSSR count). The Morgan fingerprint density at radius 1 is 1.06 bits per heavy atom. The molecule has 1 unspecified atom stereocenters. The number of sulfonamides is 1. The van der Waals surface area contributed by atoms with Crippen LogP contribution in [0.3, 0.4) is 0 Å². The smallest absolute Gasteiger partial charge is 0.326 e. The average Bonchev–Trinajstić information content (AvgIpc) is 3.38. The van der Waals surface area contributed by atoms with Crippen molar-refractivity contribution in [3.63, 3.8) is 0 Å². The van der Waals surface area contributed by atoms with E-state index in [1.807, 2.05) is 22.9 Å². The van der Waals surface area contributed by atoms with Crippen LogP contribution in [0.4, 0.5) is 5.69 Å². The van der Waals surface area contributed by atoms with E-state index >= 15 is 0 Å². The number of carbonyl (C=O) groups excluding carboxylic acids is 1. The molecule has 4 N–H and O–H groups in total. The normalized spacial score (nSPS) is 16.2. The SMILES string of the molecule is O=C1CN(c2ccc(CC(NS(=O)(=O)c3ccccc3)c3nc4ccccc4[nH]3)cc2O)S(=O)(=O)N1. The number of amides is 1. The molecule has 0 aliphatic carbocycles. The van der Waals surface area contributed by atoms with Crippen molar-refractivity contribution in [1.82, 2.24) is 19.4 Å². The molecular weight excluding hydrogens is 506 g/mol. The third-order valence-corrected chi connectivity index (χ3v) is 8.54. The lowest BCUT2D eigenvalue weighted by molar-refractivity contribution is -0.117. The number of phenols is 1. The summed E-state index contributed by atoms with van der Waals surface area (Å²) >= 11 is 0. The summed E-state index contributed by atoms with van der Waals surface area (Å²) in [6, 6.07) is 18.6. The molecule has 186 valence electrons. The number of H-pyrrole nitrogens is 1. The van der Waals surface area contributed by atoms with Gasteiger partial charge in [0.05, 0.1) is 27.7 Å². The minimum absolute atomic E-state index is 0.0674. The van der Waals surface area contributed by atoms with Crippen LogP contribution in [-0.2, 0) is 31.4 Å². The molecule has 11 nitrogen and oxygen atoms in total. The number of rotatable bonds is 7. The van der Waals surface area contributed by atoms with E-state index in [2.05, 4.69) is 14.7 Å². The highest BCUT2D eigenvalue weighted by molar-refractivity contribution is 7.92. The van der Waals surface area contributed by atoms with E-state index in [4.69, 9.17) is 0 Å². The first-order valence-corrected chi connectivity index (χ1v) is 13.7. The molecule has 1 aromatic heterocycles. The lowest BCUT2D eigenvalue weighted by Gasteiger charge is -2.19. The van der Waals surface area contributed by atoms with Gasteiger partial charge < -0.3 is 10.1 Å². The number of aromatic amines is 1. The molecule has 36 heavy (non-hydrogen) atoms. The van der Waals surface area contributed by atoms with Gasteiger partial charge in [0, 0.05) is 0 Å². The third kappa shape index (κ3) is 4.63. The first kappa shape index (κ1) is 23.8. The van der Waals surface area contributed by atoms with Crippen molar-refractivity contribution in [1.29, 1.82) is 0 Å². The molecule has 1 aliphatic rings. The highest BCUT2D eigenvalue weighted by Crippen LogP contribution is 2.33. The number of benzene rings is 3. The van der Waals surface area contributed by atoms with Gasteiger partial charge in [-0.3, -0.25) is 4.79 Å². The Labute approximate surface area is 207 Å². The Bertz CT molecular complexity index is 1640. The van der Waals surface area contributed by atoms with Gasteiger partial charge in [0.1, 0.15) is 18.1 Å². The summed E-state index contributed by atoms with van der Waals surface area (Å²) in [6.45, 7) is -0.451. The van der Waals surface area contributed by atoms with Crippen molar-refractivity contribution in [3.05, 3.63) is 84.2 Å². The van der Waals surface area contributed by atoms with Crippen LogP contribution >= 0.6 is 0 Å². The van der Waals surface area contributed by atoms with E-state index in [9.17, 15) is 26.7 Å². The Morgan fingerprint density at radius 3 is 2.44 bits per heavy atom. The Hall–Kier alpha value is -3.94. The molecule has 1 fully saturated rings. The molecule has 2 heterocycles. The number of imidazole rings is 1. The number of aromatic hydroxyl groups is 1. The highest BCUT2D eigenvalue weighted by Gasteiger charge is 2.35. The molecule has 1 aliphatic heterocycles. The number of aromatic nitrogens is 2. The monoisotopic (exact) mass is 527 g/mol. The van der Waals surface area contributed by atoms with Gasteiger partial charge in [0.2, 0.25) is 10.0 Å². The highest BCUT2D eigenvalue weighted by atomic mass is 32.2. The first-order chi connectivity index (χ1) is 17.1. The fourth-order valence-electron chi connectivity index (χ4n) is 3.99. The van der Waals surface area contributed by atoms with Crippen LogP contribution in [-0.4, -0.2) is 44.4 Å². The van der Waals surface area contributed by atoms with Crippen LogP contribution in [0.25, 0.3) is 11.0 Å². The second kappa shape index (κ2) is 8.93. The number of nitrogens with one attached hydrogen (secondary N) is 3. The minimum atomic E-state index is -4.09. The summed E-state index contributed by atoms with van der Waals surface area (Å²) in [7, 11) is -8.02. The minimum Gasteiger partial charge on any atom is -0.506 e. The van der Waals surface area contributed by atoms with E-state index in [1.54, 1.807) is 30.3 Å². The number of hydrogen-bond donors (Lipinski definition) is 4. The molecule has 1 atom stereocenters. The third-order valence-electron chi connectivity index (χ3n) is 5.66. The van der Waals surface area contributed by atoms with E-state index in [0.29, 0.717) is 16.9 Å². The maximum Gasteiger partial charge on any atom is 0.326 e. The predicted octanol–water partition coefficient (Wildman–Crippen LogP) is 1.71. The van der Waals surface area contributed by atoms with Crippen LogP contribution in [0, 0.1) is 0 Å². The average molecular weight is 528 g/mol. The second-order valence-corrected chi connectivity index (χ2v) is 11.5. The maximum absolute atomic E-state index is 13.1. The zero-order valence-electron chi connectivity index (χ0n) is 18.6. The molecule has 13 heteroatoms. The van der Waals surface area contributed by atoms with Crippen molar-refractivity contribution < 1.29 is 26.7 Å².